The first-order chi connectivity index (χ1) is 8.34. The third kappa shape index (κ3) is 3.52. The molecule has 3 heteroatoms. The number of hydrogen-bond acceptors (Lipinski definition) is 1. The van der Waals surface area contributed by atoms with Gasteiger partial charge in [-0.1, -0.05) is 35.4 Å². The van der Waals surface area contributed by atoms with E-state index in [1.54, 1.807) is 6.08 Å². The van der Waals surface area contributed by atoms with Crippen LogP contribution in [0.15, 0.2) is 34.3 Å². The molecule has 2 rings (SSSR count). The fraction of sp³-hybridized carbons (Fsp3) is 0.400. The lowest BCUT2D eigenvalue weighted by atomic mass is 9.75. The third-order valence-corrected chi connectivity index (χ3v) is 3.53. The van der Waals surface area contributed by atoms with Gasteiger partial charge in [-0.15, -0.1) is 0 Å². The average Bonchev–Trinajstić information content (AvgIpc) is 2.10. The number of carbonyl (C=O) groups excluding carboxylic acids is 1. The molecule has 1 aliphatic rings. The molecule has 1 aromatic carbocycles. The quantitative estimate of drug-likeness (QED) is 0.789. The summed E-state index contributed by atoms with van der Waals surface area (Å²) in [4.78, 5) is 11.7. The molecule has 0 unspecified atom stereocenters. The highest BCUT2D eigenvalue weighted by Crippen LogP contribution is 2.35. The number of ketones is 1. The summed E-state index contributed by atoms with van der Waals surface area (Å²) in [5.41, 5.74) is 2.01. The lowest BCUT2D eigenvalue weighted by Crippen LogP contribution is -2.22. The van der Waals surface area contributed by atoms with E-state index in [9.17, 15) is 9.18 Å². The number of carbonyl (C=O) groups is 1. The second kappa shape index (κ2) is 4.96. The molecule has 0 saturated carbocycles. The van der Waals surface area contributed by atoms with Crippen LogP contribution in [0.25, 0.3) is 0 Å². The zero-order valence-electron chi connectivity index (χ0n) is 10.6. The summed E-state index contributed by atoms with van der Waals surface area (Å²) in [7, 11) is 0. The molecule has 1 aliphatic carbocycles. The Morgan fingerprint density at radius 1 is 1.28 bits per heavy atom. The van der Waals surface area contributed by atoms with Crippen LogP contribution >= 0.6 is 15.9 Å². The van der Waals surface area contributed by atoms with E-state index in [4.69, 9.17) is 0 Å². The molecule has 0 spiro atoms. The van der Waals surface area contributed by atoms with Crippen molar-refractivity contribution in [2.45, 2.75) is 33.1 Å². The zero-order valence-corrected chi connectivity index (χ0v) is 12.2. The van der Waals surface area contributed by atoms with Gasteiger partial charge in [0.1, 0.15) is 5.82 Å². The molecular formula is C15H16BrFO. The molecular weight excluding hydrogens is 295 g/mol. The normalized spacial score (nSPS) is 18.7. The summed E-state index contributed by atoms with van der Waals surface area (Å²) in [5, 5.41) is 0. The first-order valence-electron chi connectivity index (χ1n) is 6.01. The molecule has 0 N–H and O–H groups in total. The SMILES string of the molecule is CC1(C)CC(=O)C=C(Cc2cc(F)cc(Br)c2)C1. The van der Waals surface area contributed by atoms with Gasteiger partial charge in [-0.25, -0.2) is 4.39 Å². The Bertz CT molecular complexity index is 497. The summed E-state index contributed by atoms with van der Waals surface area (Å²) in [6.45, 7) is 4.19. The largest absolute Gasteiger partial charge is 0.295 e. The van der Waals surface area contributed by atoms with E-state index in [1.165, 1.54) is 12.1 Å². The smallest absolute Gasteiger partial charge is 0.156 e. The van der Waals surface area contributed by atoms with E-state index in [1.807, 2.05) is 6.07 Å². The van der Waals surface area contributed by atoms with Crippen LogP contribution in [-0.2, 0) is 11.2 Å². The second-order valence-corrected chi connectivity index (χ2v) is 6.66. The molecule has 18 heavy (non-hydrogen) atoms. The maximum Gasteiger partial charge on any atom is 0.156 e. The maximum absolute atomic E-state index is 13.3. The minimum atomic E-state index is -0.249. The summed E-state index contributed by atoms with van der Waals surface area (Å²) >= 11 is 3.29. The van der Waals surface area contributed by atoms with Crippen LogP contribution in [-0.4, -0.2) is 5.78 Å². The van der Waals surface area contributed by atoms with Gasteiger partial charge in [0.2, 0.25) is 0 Å². The van der Waals surface area contributed by atoms with Crippen molar-refractivity contribution < 1.29 is 9.18 Å². The van der Waals surface area contributed by atoms with Crippen LogP contribution in [0.4, 0.5) is 4.39 Å². The molecule has 0 amide bonds. The van der Waals surface area contributed by atoms with Gasteiger partial charge < -0.3 is 0 Å². The summed E-state index contributed by atoms with van der Waals surface area (Å²) in [5.74, 6) is -0.0712. The van der Waals surface area contributed by atoms with Gasteiger partial charge in [0.05, 0.1) is 0 Å². The lowest BCUT2D eigenvalue weighted by Gasteiger charge is -2.28. The highest BCUT2D eigenvalue weighted by Gasteiger charge is 2.27. The van der Waals surface area contributed by atoms with E-state index in [0.717, 1.165) is 22.0 Å². The Kier molecular flexibility index (Phi) is 3.71. The maximum atomic E-state index is 13.3. The van der Waals surface area contributed by atoms with Crippen molar-refractivity contribution in [3.05, 3.63) is 45.7 Å². The van der Waals surface area contributed by atoms with Crippen LogP contribution in [0.2, 0.25) is 0 Å². The Hall–Kier alpha value is -0.960. The average molecular weight is 311 g/mol. The van der Waals surface area contributed by atoms with Crippen LogP contribution in [0, 0.1) is 11.2 Å². The first kappa shape index (κ1) is 13.5. The van der Waals surface area contributed by atoms with Crippen molar-refractivity contribution in [1.82, 2.24) is 0 Å². The van der Waals surface area contributed by atoms with Crippen molar-refractivity contribution in [3.8, 4) is 0 Å². The zero-order chi connectivity index (χ0) is 13.3. The number of rotatable bonds is 2. The molecule has 96 valence electrons. The molecule has 1 nitrogen and oxygen atoms in total. The van der Waals surface area contributed by atoms with Crippen molar-refractivity contribution in [2.24, 2.45) is 5.41 Å². The van der Waals surface area contributed by atoms with Crippen LogP contribution in [0.5, 0.6) is 0 Å². The number of halogens is 2. The van der Waals surface area contributed by atoms with Crippen molar-refractivity contribution >= 4 is 21.7 Å². The van der Waals surface area contributed by atoms with E-state index >= 15 is 0 Å². The van der Waals surface area contributed by atoms with Crippen LogP contribution in [0.1, 0.15) is 32.3 Å². The standard InChI is InChI=1S/C15H16BrFO/c1-15(2)8-11(6-14(18)9-15)3-10-4-12(16)7-13(17)5-10/h4-7H,3,8-9H2,1-2H3. The van der Waals surface area contributed by atoms with Gasteiger partial charge in [-0.2, -0.15) is 0 Å². The van der Waals surface area contributed by atoms with Crippen LogP contribution in [0.3, 0.4) is 0 Å². The van der Waals surface area contributed by atoms with Gasteiger partial charge in [0.15, 0.2) is 5.78 Å². The lowest BCUT2D eigenvalue weighted by molar-refractivity contribution is -0.117. The fourth-order valence-electron chi connectivity index (χ4n) is 2.57. The van der Waals surface area contributed by atoms with E-state index in [0.29, 0.717) is 12.8 Å². The molecule has 0 atom stereocenters. The van der Waals surface area contributed by atoms with Crippen molar-refractivity contribution in [1.29, 1.82) is 0 Å². The van der Waals surface area contributed by atoms with Gasteiger partial charge >= 0.3 is 0 Å². The predicted octanol–water partition coefficient (Wildman–Crippen LogP) is 4.45. The number of benzene rings is 1. The molecule has 0 aliphatic heterocycles. The Labute approximate surface area is 115 Å². The second-order valence-electron chi connectivity index (χ2n) is 5.74. The topological polar surface area (TPSA) is 17.1 Å². The molecule has 0 heterocycles. The molecule has 0 bridgehead atoms. The minimum Gasteiger partial charge on any atom is -0.295 e. The minimum absolute atomic E-state index is 0.0196. The van der Waals surface area contributed by atoms with Crippen molar-refractivity contribution in [3.63, 3.8) is 0 Å². The summed E-state index contributed by atoms with van der Waals surface area (Å²) < 4.78 is 14.0. The number of allylic oxidation sites excluding steroid dienone is 2. The number of hydrogen-bond donors (Lipinski definition) is 0. The van der Waals surface area contributed by atoms with Gasteiger partial charge in [0.25, 0.3) is 0 Å². The molecule has 0 fully saturated rings. The Morgan fingerprint density at radius 3 is 2.61 bits per heavy atom. The molecule has 1 aromatic rings. The van der Waals surface area contributed by atoms with Crippen LogP contribution < -0.4 is 0 Å². The third-order valence-electron chi connectivity index (χ3n) is 3.08. The summed E-state index contributed by atoms with van der Waals surface area (Å²) in [6, 6.07) is 4.86. The van der Waals surface area contributed by atoms with Gasteiger partial charge in [-0.05, 0) is 48.1 Å². The first-order valence-corrected chi connectivity index (χ1v) is 6.81. The van der Waals surface area contributed by atoms with Gasteiger partial charge in [-0.3, -0.25) is 4.79 Å². The van der Waals surface area contributed by atoms with E-state index < -0.39 is 0 Å². The highest BCUT2D eigenvalue weighted by molar-refractivity contribution is 9.10. The fourth-order valence-corrected chi connectivity index (χ4v) is 3.08. The highest BCUT2D eigenvalue weighted by atomic mass is 79.9. The Balaban J connectivity index is 2.21. The van der Waals surface area contributed by atoms with E-state index in [2.05, 4.69) is 29.8 Å². The monoisotopic (exact) mass is 310 g/mol. The van der Waals surface area contributed by atoms with Gasteiger partial charge in [0, 0.05) is 10.9 Å². The van der Waals surface area contributed by atoms with E-state index in [-0.39, 0.29) is 17.0 Å². The summed E-state index contributed by atoms with van der Waals surface area (Å²) in [6.07, 6.45) is 3.87. The predicted molar refractivity (Wildman–Crippen MR) is 73.9 cm³/mol. The molecule has 0 aromatic heterocycles. The van der Waals surface area contributed by atoms with Crippen molar-refractivity contribution in [2.75, 3.05) is 0 Å². The molecule has 0 radical (unpaired) electrons. The Morgan fingerprint density at radius 2 is 2.00 bits per heavy atom. The molecule has 0 saturated heterocycles.